The molecular formula is C37H23N5. The molecule has 0 N–H and O–H groups in total. The van der Waals surface area contributed by atoms with E-state index in [0.29, 0.717) is 0 Å². The summed E-state index contributed by atoms with van der Waals surface area (Å²) < 4.78 is 0. The lowest BCUT2D eigenvalue weighted by molar-refractivity contribution is 0.978. The van der Waals surface area contributed by atoms with Crippen molar-refractivity contribution >= 4 is 32.6 Å². The predicted octanol–water partition coefficient (Wildman–Crippen LogP) is 8.79. The van der Waals surface area contributed by atoms with Crippen molar-refractivity contribution in [3.8, 4) is 44.9 Å². The number of rotatable bonds is 4. The highest BCUT2D eigenvalue weighted by Gasteiger charge is 2.18. The Morgan fingerprint density at radius 1 is 0.405 bits per heavy atom. The van der Waals surface area contributed by atoms with Crippen LogP contribution in [-0.2, 0) is 0 Å². The number of aromatic nitrogens is 5. The molecule has 0 atom stereocenters. The molecule has 0 aliphatic carbocycles. The van der Waals surface area contributed by atoms with Gasteiger partial charge in [0.2, 0.25) is 0 Å². The Labute approximate surface area is 242 Å². The predicted molar refractivity (Wildman–Crippen MR) is 170 cm³/mol. The molecule has 2 heterocycles. The third-order valence-electron chi connectivity index (χ3n) is 7.73. The second kappa shape index (κ2) is 9.98. The molecule has 0 amide bonds. The van der Waals surface area contributed by atoms with Gasteiger partial charge < -0.3 is 0 Å². The first kappa shape index (κ1) is 24.0. The molecule has 8 aromatic rings. The first-order valence-electron chi connectivity index (χ1n) is 13.8. The van der Waals surface area contributed by atoms with Crippen molar-refractivity contribution in [1.82, 2.24) is 25.1 Å². The molecule has 0 spiro atoms. The minimum absolute atomic E-state index is 0.759. The summed E-state index contributed by atoms with van der Waals surface area (Å²) in [6.07, 6.45) is 3.25. The lowest BCUT2D eigenvalue weighted by atomic mass is 9.87. The Bertz CT molecular complexity index is 2170. The van der Waals surface area contributed by atoms with Gasteiger partial charge in [0, 0.05) is 16.7 Å². The minimum Gasteiger partial charge on any atom is -0.244 e. The lowest BCUT2D eigenvalue weighted by Gasteiger charge is -2.17. The maximum absolute atomic E-state index is 5.09. The van der Waals surface area contributed by atoms with Gasteiger partial charge >= 0.3 is 0 Å². The van der Waals surface area contributed by atoms with Crippen LogP contribution < -0.4 is 0 Å². The monoisotopic (exact) mass is 537 g/mol. The summed E-state index contributed by atoms with van der Waals surface area (Å²) in [6.45, 7) is 0. The second-order valence-corrected chi connectivity index (χ2v) is 10.2. The van der Waals surface area contributed by atoms with Crippen LogP contribution in [-0.4, -0.2) is 25.1 Å². The normalized spacial score (nSPS) is 11.3. The first-order chi connectivity index (χ1) is 20.8. The summed E-state index contributed by atoms with van der Waals surface area (Å²) in [7, 11) is 0. The summed E-state index contributed by atoms with van der Waals surface area (Å²) in [5.74, 6) is 0. The third-order valence-corrected chi connectivity index (χ3v) is 7.73. The Hall–Kier alpha value is -5.81. The van der Waals surface area contributed by atoms with E-state index in [4.69, 9.17) is 9.97 Å². The fourth-order valence-electron chi connectivity index (χ4n) is 5.87. The Balaban J connectivity index is 1.34. The van der Waals surface area contributed by atoms with Crippen LogP contribution in [0, 0.1) is 0 Å². The van der Waals surface area contributed by atoms with Crippen LogP contribution in [0.3, 0.4) is 0 Å². The van der Waals surface area contributed by atoms with Gasteiger partial charge in [-0.15, -0.1) is 10.2 Å². The quantitative estimate of drug-likeness (QED) is 0.210. The molecule has 0 bridgehead atoms. The molecule has 6 aromatic carbocycles. The molecule has 0 fully saturated rings. The van der Waals surface area contributed by atoms with Crippen LogP contribution in [0.25, 0.3) is 77.5 Å². The molecule has 8 rings (SSSR count). The number of hydrogen-bond acceptors (Lipinski definition) is 5. The molecule has 0 saturated carbocycles. The number of benzene rings is 6. The second-order valence-electron chi connectivity index (χ2n) is 10.2. The van der Waals surface area contributed by atoms with Crippen molar-refractivity contribution in [3.63, 3.8) is 0 Å². The molecule has 2 aromatic heterocycles. The number of hydrogen-bond donors (Lipinski definition) is 0. The summed E-state index contributed by atoms with van der Waals surface area (Å²) >= 11 is 0. The summed E-state index contributed by atoms with van der Waals surface area (Å²) in [4.78, 5) is 14.4. The molecule has 0 aliphatic heterocycles. The van der Waals surface area contributed by atoms with Gasteiger partial charge in [0.15, 0.2) is 0 Å². The van der Waals surface area contributed by atoms with Crippen LogP contribution >= 0.6 is 0 Å². The summed E-state index contributed by atoms with van der Waals surface area (Å²) in [6, 6.07) is 44.0. The van der Waals surface area contributed by atoms with Gasteiger partial charge in [0.1, 0.15) is 12.0 Å². The number of fused-ring (bicyclic) bond motifs is 3. The lowest BCUT2D eigenvalue weighted by Crippen LogP contribution is -1.96. The molecule has 0 unspecified atom stereocenters. The smallest absolute Gasteiger partial charge is 0.138 e. The highest BCUT2D eigenvalue weighted by Crippen LogP contribution is 2.43. The van der Waals surface area contributed by atoms with Crippen LogP contribution in [0.2, 0.25) is 0 Å². The summed E-state index contributed by atoms with van der Waals surface area (Å²) in [5, 5.41) is 13.0. The SMILES string of the molecule is c1ccc(-c2nc3ccccc3nc2-c2ccc(-c3c4ccccc4c(-c4cncnn4)c4ccccc34)cc2)cc1. The van der Waals surface area contributed by atoms with Crippen LogP contribution in [0.15, 0.2) is 140 Å². The molecule has 196 valence electrons. The van der Waals surface area contributed by atoms with E-state index in [1.807, 2.05) is 42.5 Å². The zero-order chi connectivity index (χ0) is 27.9. The van der Waals surface area contributed by atoms with Crippen molar-refractivity contribution < 1.29 is 0 Å². The first-order valence-corrected chi connectivity index (χ1v) is 13.8. The maximum Gasteiger partial charge on any atom is 0.138 e. The number of para-hydroxylation sites is 2. The minimum atomic E-state index is 0.759. The van der Waals surface area contributed by atoms with Gasteiger partial charge in [-0.25, -0.2) is 15.0 Å². The van der Waals surface area contributed by atoms with Gasteiger partial charge in [0.25, 0.3) is 0 Å². The zero-order valence-corrected chi connectivity index (χ0v) is 22.5. The Kier molecular flexibility index (Phi) is 5.71. The highest BCUT2D eigenvalue weighted by atomic mass is 15.1. The van der Waals surface area contributed by atoms with E-state index in [1.54, 1.807) is 6.20 Å². The van der Waals surface area contributed by atoms with E-state index in [0.717, 1.165) is 71.9 Å². The molecule has 0 radical (unpaired) electrons. The van der Waals surface area contributed by atoms with Gasteiger partial charge in [-0.2, -0.15) is 0 Å². The van der Waals surface area contributed by atoms with E-state index in [1.165, 1.54) is 11.9 Å². The van der Waals surface area contributed by atoms with E-state index < -0.39 is 0 Å². The molecular weight excluding hydrogens is 514 g/mol. The van der Waals surface area contributed by atoms with Crippen LogP contribution in [0.4, 0.5) is 0 Å². The van der Waals surface area contributed by atoms with E-state index in [2.05, 4.69) is 100 Å². The van der Waals surface area contributed by atoms with Crippen molar-refractivity contribution in [2.75, 3.05) is 0 Å². The fraction of sp³-hybridized carbons (Fsp3) is 0. The van der Waals surface area contributed by atoms with Crippen LogP contribution in [0.1, 0.15) is 0 Å². The highest BCUT2D eigenvalue weighted by molar-refractivity contribution is 6.21. The van der Waals surface area contributed by atoms with Gasteiger partial charge in [-0.3, -0.25) is 0 Å². The van der Waals surface area contributed by atoms with Crippen LogP contribution in [0.5, 0.6) is 0 Å². The fourth-order valence-corrected chi connectivity index (χ4v) is 5.87. The zero-order valence-electron chi connectivity index (χ0n) is 22.5. The molecule has 0 aliphatic rings. The Morgan fingerprint density at radius 3 is 1.43 bits per heavy atom. The third kappa shape index (κ3) is 3.99. The summed E-state index contributed by atoms with van der Waals surface area (Å²) in [5.41, 5.74) is 9.68. The standard InChI is InChI=1S/C37H23N5/c1-2-10-25(11-3-1)36-37(41-32-17-9-8-16-31(32)40-36)26-20-18-24(19-21-26)34-27-12-4-6-14-29(27)35(33-22-38-23-39-42-33)30-15-7-5-13-28(30)34/h1-23H. The Morgan fingerprint density at radius 2 is 0.881 bits per heavy atom. The topological polar surface area (TPSA) is 64.5 Å². The van der Waals surface area contributed by atoms with E-state index in [9.17, 15) is 0 Å². The average molecular weight is 538 g/mol. The van der Waals surface area contributed by atoms with Crippen molar-refractivity contribution in [2.45, 2.75) is 0 Å². The van der Waals surface area contributed by atoms with Crippen molar-refractivity contribution in [2.24, 2.45) is 0 Å². The molecule has 5 heteroatoms. The van der Waals surface area contributed by atoms with Crippen molar-refractivity contribution in [1.29, 1.82) is 0 Å². The van der Waals surface area contributed by atoms with Crippen molar-refractivity contribution in [3.05, 3.63) is 140 Å². The molecule has 5 nitrogen and oxygen atoms in total. The molecule has 42 heavy (non-hydrogen) atoms. The molecule has 0 saturated heterocycles. The number of nitrogens with zero attached hydrogens (tertiary/aromatic N) is 5. The van der Waals surface area contributed by atoms with Gasteiger partial charge in [0.05, 0.1) is 28.6 Å². The van der Waals surface area contributed by atoms with Gasteiger partial charge in [-0.05, 0) is 44.8 Å². The largest absolute Gasteiger partial charge is 0.244 e. The maximum atomic E-state index is 5.09. The average Bonchev–Trinajstić information content (AvgIpc) is 3.07. The van der Waals surface area contributed by atoms with Gasteiger partial charge in [-0.1, -0.05) is 115 Å². The van der Waals surface area contributed by atoms with E-state index in [-0.39, 0.29) is 0 Å². The van der Waals surface area contributed by atoms with E-state index >= 15 is 0 Å².